The van der Waals surface area contributed by atoms with Crippen LogP contribution in [0.3, 0.4) is 0 Å². The van der Waals surface area contributed by atoms with Crippen molar-refractivity contribution in [3.63, 3.8) is 0 Å². The lowest BCUT2D eigenvalue weighted by Crippen LogP contribution is -2.50. The molecular weight excluding hydrogens is 462 g/mol. The number of pyridine rings is 1. The predicted octanol–water partition coefficient (Wildman–Crippen LogP) is 4.24. The molecule has 4 rings (SSSR count). The number of sulfonamides is 1. The van der Waals surface area contributed by atoms with Gasteiger partial charge in [-0.15, -0.1) is 0 Å². The first-order valence-electron chi connectivity index (χ1n) is 12.1. The van der Waals surface area contributed by atoms with Gasteiger partial charge < -0.3 is 9.64 Å². The highest BCUT2D eigenvalue weighted by molar-refractivity contribution is 7.89. The maximum atomic E-state index is 13.3. The number of rotatable bonds is 8. The van der Waals surface area contributed by atoms with Crippen molar-refractivity contribution in [2.24, 2.45) is 0 Å². The molecule has 1 saturated heterocycles. The Kier molecular flexibility index (Phi) is 7.72. The number of benzene rings is 2. The molecular formula is C27H33N3O4S. The molecule has 1 fully saturated rings. The molecule has 1 amide bonds. The average molecular weight is 496 g/mol. The fraction of sp³-hybridized carbons (Fsp3) is 0.407. The smallest absolute Gasteiger partial charge is 0.245 e. The van der Waals surface area contributed by atoms with Crippen LogP contribution in [-0.2, 0) is 14.8 Å². The number of aromatic nitrogens is 1. The molecule has 35 heavy (non-hydrogen) atoms. The van der Waals surface area contributed by atoms with Crippen molar-refractivity contribution in [1.29, 1.82) is 0 Å². The van der Waals surface area contributed by atoms with E-state index in [0.29, 0.717) is 31.6 Å². The number of amides is 1. The normalized spacial score (nSPS) is 14.9. The second-order valence-corrected chi connectivity index (χ2v) is 11.1. The van der Waals surface area contributed by atoms with E-state index in [1.807, 2.05) is 45.0 Å². The first-order chi connectivity index (χ1) is 16.8. The fourth-order valence-corrected chi connectivity index (χ4v) is 5.94. The first-order valence-corrected chi connectivity index (χ1v) is 13.5. The van der Waals surface area contributed by atoms with Crippen LogP contribution in [0.2, 0.25) is 0 Å². The van der Waals surface area contributed by atoms with Crippen molar-refractivity contribution in [2.45, 2.75) is 44.9 Å². The van der Waals surface area contributed by atoms with Crippen LogP contribution in [0, 0.1) is 20.8 Å². The minimum absolute atomic E-state index is 0.0658. The standard InChI is InChI=1S/C27H33N3O4S/c1-20-10-11-22(3)24(18-20)34-16-5-4-9-26(31)29-12-14-30(15-13-29)35(32,33)25-8-6-7-23-17-21(2)19-28-27(23)25/h6-8,10-11,17-19H,4-5,9,12-16H2,1-3H3. The van der Waals surface area contributed by atoms with Crippen LogP contribution in [0.1, 0.15) is 36.0 Å². The van der Waals surface area contributed by atoms with Gasteiger partial charge in [0.25, 0.3) is 0 Å². The van der Waals surface area contributed by atoms with Gasteiger partial charge in [0, 0.05) is 44.2 Å². The molecule has 0 bridgehead atoms. The van der Waals surface area contributed by atoms with Crippen LogP contribution in [0.4, 0.5) is 0 Å². The second-order valence-electron chi connectivity index (χ2n) is 9.20. The van der Waals surface area contributed by atoms with Crippen LogP contribution in [0.5, 0.6) is 5.75 Å². The molecule has 3 aromatic rings. The number of carbonyl (C=O) groups is 1. The third-order valence-corrected chi connectivity index (χ3v) is 8.34. The molecule has 2 heterocycles. The van der Waals surface area contributed by atoms with E-state index < -0.39 is 10.0 Å². The van der Waals surface area contributed by atoms with Gasteiger partial charge in [-0.2, -0.15) is 4.31 Å². The van der Waals surface area contributed by atoms with Crippen molar-refractivity contribution < 1.29 is 17.9 Å². The van der Waals surface area contributed by atoms with E-state index in [0.717, 1.165) is 40.7 Å². The first kappa shape index (κ1) is 25.1. The topological polar surface area (TPSA) is 79.8 Å². The van der Waals surface area contributed by atoms with Gasteiger partial charge in [-0.1, -0.05) is 24.3 Å². The Balaban J connectivity index is 1.27. The predicted molar refractivity (Wildman–Crippen MR) is 137 cm³/mol. The highest BCUT2D eigenvalue weighted by atomic mass is 32.2. The lowest BCUT2D eigenvalue weighted by molar-refractivity contribution is -0.132. The van der Waals surface area contributed by atoms with E-state index in [1.165, 1.54) is 4.31 Å². The van der Waals surface area contributed by atoms with E-state index in [4.69, 9.17) is 4.74 Å². The van der Waals surface area contributed by atoms with Crippen molar-refractivity contribution in [1.82, 2.24) is 14.2 Å². The van der Waals surface area contributed by atoms with Crippen LogP contribution in [-0.4, -0.2) is 61.3 Å². The molecule has 1 aromatic heterocycles. The summed E-state index contributed by atoms with van der Waals surface area (Å²) in [5.41, 5.74) is 3.73. The Labute approximate surface area is 207 Å². The highest BCUT2D eigenvalue weighted by Crippen LogP contribution is 2.26. The van der Waals surface area contributed by atoms with Gasteiger partial charge in [0.15, 0.2) is 0 Å². The molecule has 2 aromatic carbocycles. The third kappa shape index (κ3) is 5.82. The lowest BCUT2D eigenvalue weighted by Gasteiger charge is -2.34. The van der Waals surface area contributed by atoms with Crippen molar-refractivity contribution in [3.05, 3.63) is 65.4 Å². The zero-order chi connectivity index (χ0) is 25.0. The summed E-state index contributed by atoms with van der Waals surface area (Å²) in [5.74, 6) is 0.960. The number of hydrogen-bond donors (Lipinski definition) is 0. The van der Waals surface area contributed by atoms with Crippen molar-refractivity contribution in [3.8, 4) is 5.75 Å². The molecule has 0 aliphatic carbocycles. The zero-order valence-corrected chi connectivity index (χ0v) is 21.5. The molecule has 0 unspecified atom stereocenters. The number of unbranched alkanes of at least 4 members (excludes halogenated alkanes) is 1. The Hall–Kier alpha value is -2.97. The zero-order valence-electron chi connectivity index (χ0n) is 20.7. The highest BCUT2D eigenvalue weighted by Gasteiger charge is 2.31. The Bertz CT molecular complexity index is 1320. The van der Waals surface area contributed by atoms with Gasteiger partial charge in [-0.05, 0) is 68.5 Å². The molecule has 1 aliphatic heterocycles. The Morgan fingerprint density at radius 3 is 2.51 bits per heavy atom. The number of aryl methyl sites for hydroxylation is 3. The number of fused-ring (bicyclic) bond motifs is 1. The molecule has 0 atom stereocenters. The number of nitrogens with zero attached hydrogens (tertiary/aromatic N) is 3. The number of carbonyl (C=O) groups excluding carboxylic acids is 1. The van der Waals surface area contributed by atoms with Gasteiger partial charge in [-0.3, -0.25) is 9.78 Å². The van der Waals surface area contributed by atoms with Crippen LogP contribution in [0.15, 0.2) is 53.6 Å². The largest absolute Gasteiger partial charge is 0.493 e. The van der Waals surface area contributed by atoms with Crippen LogP contribution >= 0.6 is 0 Å². The van der Waals surface area contributed by atoms with E-state index in [1.54, 1.807) is 23.2 Å². The summed E-state index contributed by atoms with van der Waals surface area (Å²) in [7, 11) is -3.69. The van der Waals surface area contributed by atoms with E-state index in [-0.39, 0.29) is 23.9 Å². The summed E-state index contributed by atoms with van der Waals surface area (Å²) >= 11 is 0. The average Bonchev–Trinajstić information content (AvgIpc) is 2.85. The van der Waals surface area contributed by atoms with Gasteiger partial charge in [-0.25, -0.2) is 8.42 Å². The maximum absolute atomic E-state index is 13.3. The summed E-state index contributed by atoms with van der Waals surface area (Å²) in [6, 6.07) is 13.3. The number of piperazine rings is 1. The minimum atomic E-state index is -3.69. The van der Waals surface area contributed by atoms with Crippen LogP contribution in [0.25, 0.3) is 10.9 Å². The molecule has 186 valence electrons. The molecule has 7 nitrogen and oxygen atoms in total. The Morgan fingerprint density at radius 1 is 0.971 bits per heavy atom. The summed E-state index contributed by atoms with van der Waals surface area (Å²) in [4.78, 5) is 19.0. The number of para-hydroxylation sites is 1. The van der Waals surface area contributed by atoms with Gasteiger partial charge in [0.2, 0.25) is 15.9 Å². The lowest BCUT2D eigenvalue weighted by atomic mass is 10.1. The van der Waals surface area contributed by atoms with Crippen molar-refractivity contribution in [2.75, 3.05) is 32.8 Å². The molecule has 0 radical (unpaired) electrons. The van der Waals surface area contributed by atoms with E-state index >= 15 is 0 Å². The van der Waals surface area contributed by atoms with E-state index in [2.05, 4.69) is 11.1 Å². The number of hydrogen-bond acceptors (Lipinski definition) is 5. The second kappa shape index (κ2) is 10.7. The van der Waals surface area contributed by atoms with Crippen LogP contribution < -0.4 is 4.74 Å². The third-order valence-electron chi connectivity index (χ3n) is 6.41. The van der Waals surface area contributed by atoms with E-state index in [9.17, 15) is 13.2 Å². The van der Waals surface area contributed by atoms with Crippen molar-refractivity contribution >= 4 is 26.8 Å². The number of ether oxygens (including phenoxy) is 1. The van der Waals surface area contributed by atoms with Gasteiger partial charge in [0.1, 0.15) is 10.6 Å². The molecule has 0 N–H and O–H groups in total. The Morgan fingerprint density at radius 2 is 1.74 bits per heavy atom. The monoisotopic (exact) mass is 495 g/mol. The summed E-state index contributed by atoms with van der Waals surface area (Å²) < 4.78 is 34.0. The SMILES string of the molecule is Cc1ccc(C)c(OCCCCC(=O)N2CCN(S(=O)(=O)c3cccc4cc(C)cnc34)CC2)c1. The molecule has 8 heteroatoms. The maximum Gasteiger partial charge on any atom is 0.245 e. The van der Waals surface area contributed by atoms with Gasteiger partial charge in [0.05, 0.1) is 12.1 Å². The summed E-state index contributed by atoms with van der Waals surface area (Å²) in [5, 5.41) is 0.807. The molecule has 1 aliphatic rings. The minimum Gasteiger partial charge on any atom is -0.493 e. The fourth-order valence-electron chi connectivity index (χ4n) is 4.35. The molecule has 0 saturated carbocycles. The van der Waals surface area contributed by atoms with Gasteiger partial charge >= 0.3 is 0 Å². The summed E-state index contributed by atoms with van der Waals surface area (Å²) in [6.45, 7) is 7.93. The summed E-state index contributed by atoms with van der Waals surface area (Å²) in [6.07, 6.45) is 3.66. The molecule has 0 spiro atoms. The quantitative estimate of drug-likeness (QED) is 0.437.